The normalized spacial score (nSPS) is 13.8. The summed E-state index contributed by atoms with van der Waals surface area (Å²) in [6, 6.07) is 5.36. The number of alkyl halides is 3. The zero-order valence-corrected chi connectivity index (χ0v) is 11.8. The molecule has 0 aliphatic carbocycles. The summed E-state index contributed by atoms with van der Waals surface area (Å²) >= 11 is 1.73. The lowest BCUT2D eigenvalue weighted by Gasteiger charge is -2.17. The standard InChI is InChI=1S/C13H19F3N2S/c1-9(2)19-8-12(18-17)7-10-4-3-5-11(6-10)13(14,15)16/h3-6,9,12,18H,7-8,17H2,1-2H3. The molecule has 1 aromatic rings. The predicted molar refractivity (Wildman–Crippen MR) is 73.9 cm³/mol. The number of hydrogen-bond acceptors (Lipinski definition) is 3. The third-order valence-electron chi connectivity index (χ3n) is 2.60. The first-order chi connectivity index (χ1) is 8.82. The number of halogens is 3. The Kier molecular flexibility index (Phi) is 6.16. The number of thioether (sulfide) groups is 1. The predicted octanol–water partition coefficient (Wildman–Crippen LogP) is 3.22. The van der Waals surface area contributed by atoms with Crippen LogP contribution in [0.15, 0.2) is 24.3 Å². The Hall–Kier alpha value is -0.720. The van der Waals surface area contributed by atoms with Gasteiger partial charge in [-0.25, -0.2) is 0 Å². The van der Waals surface area contributed by atoms with Crippen LogP contribution in [0.5, 0.6) is 0 Å². The molecule has 1 unspecified atom stereocenters. The summed E-state index contributed by atoms with van der Waals surface area (Å²) in [4.78, 5) is 0. The average molecular weight is 292 g/mol. The zero-order chi connectivity index (χ0) is 14.5. The maximum Gasteiger partial charge on any atom is 0.416 e. The second kappa shape index (κ2) is 7.17. The van der Waals surface area contributed by atoms with Crippen LogP contribution < -0.4 is 11.3 Å². The van der Waals surface area contributed by atoms with E-state index in [2.05, 4.69) is 19.3 Å². The average Bonchev–Trinajstić information content (AvgIpc) is 2.33. The second-order valence-electron chi connectivity index (χ2n) is 4.65. The minimum absolute atomic E-state index is 0.0316. The Bertz CT molecular complexity index is 394. The molecule has 0 radical (unpaired) electrons. The van der Waals surface area contributed by atoms with Crippen molar-refractivity contribution in [1.82, 2.24) is 5.43 Å². The van der Waals surface area contributed by atoms with Gasteiger partial charge in [-0.2, -0.15) is 24.9 Å². The summed E-state index contributed by atoms with van der Waals surface area (Å²) < 4.78 is 37.8. The molecule has 0 spiro atoms. The van der Waals surface area contributed by atoms with Crippen LogP contribution >= 0.6 is 11.8 Å². The minimum Gasteiger partial charge on any atom is -0.271 e. The van der Waals surface area contributed by atoms with Crippen LogP contribution in [0.25, 0.3) is 0 Å². The molecular formula is C13H19F3N2S. The van der Waals surface area contributed by atoms with E-state index in [9.17, 15) is 13.2 Å². The number of hydrogen-bond donors (Lipinski definition) is 2. The van der Waals surface area contributed by atoms with Gasteiger partial charge in [-0.15, -0.1) is 0 Å². The fourth-order valence-electron chi connectivity index (χ4n) is 1.63. The molecule has 0 saturated carbocycles. The highest BCUT2D eigenvalue weighted by Crippen LogP contribution is 2.29. The van der Waals surface area contributed by atoms with E-state index >= 15 is 0 Å². The molecule has 0 aliphatic rings. The summed E-state index contributed by atoms with van der Waals surface area (Å²) in [7, 11) is 0. The van der Waals surface area contributed by atoms with E-state index in [1.54, 1.807) is 17.8 Å². The van der Waals surface area contributed by atoms with Gasteiger partial charge >= 0.3 is 6.18 Å². The first-order valence-corrected chi connectivity index (χ1v) is 7.11. The lowest BCUT2D eigenvalue weighted by atomic mass is 10.0. The highest BCUT2D eigenvalue weighted by Gasteiger charge is 2.30. The van der Waals surface area contributed by atoms with Gasteiger partial charge < -0.3 is 0 Å². The van der Waals surface area contributed by atoms with Crippen LogP contribution in [0, 0.1) is 0 Å². The Balaban J connectivity index is 2.69. The van der Waals surface area contributed by atoms with E-state index in [1.165, 1.54) is 12.1 Å². The fourth-order valence-corrected chi connectivity index (χ4v) is 2.46. The maximum atomic E-state index is 12.6. The van der Waals surface area contributed by atoms with E-state index in [0.29, 0.717) is 17.2 Å². The van der Waals surface area contributed by atoms with Crippen molar-refractivity contribution < 1.29 is 13.2 Å². The molecule has 0 aromatic heterocycles. The van der Waals surface area contributed by atoms with Gasteiger partial charge in [0.15, 0.2) is 0 Å². The number of hydrazine groups is 1. The highest BCUT2D eigenvalue weighted by atomic mass is 32.2. The minimum atomic E-state index is -4.30. The van der Waals surface area contributed by atoms with Crippen LogP contribution in [0.2, 0.25) is 0 Å². The first kappa shape index (κ1) is 16.3. The summed E-state index contributed by atoms with van der Waals surface area (Å²) in [5.41, 5.74) is 2.69. The molecule has 3 N–H and O–H groups in total. The molecule has 19 heavy (non-hydrogen) atoms. The van der Waals surface area contributed by atoms with E-state index < -0.39 is 11.7 Å². The van der Waals surface area contributed by atoms with Crippen LogP contribution in [0.4, 0.5) is 13.2 Å². The molecule has 0 fully saturated rings. The van der Waals surface area contributed by atoms with Gasteiger partial charge in [-0.3, -0.25) is 11.3 Å². The maximum absolute atomic E-state index is 12.6. The second-order valence-corrected chi connectivity index (χ2v) is 6.26. The Labute approximate surface area is 115 Å². The van der Waals surface area contributed by atoms with Gasteiger partial charge in [-0.1, -0.05) is 32.0 Å². The summed E-state index contributed by atoms with van der Waals surface area (Å²) in [6.45, 7) is 4.14. The third kappa shape index (κ3) is 5.84. The van der Waals surface area contributed by atoms with Crippen LogP contribution in [0.3, 0.4) is 0 Å². The monoisotopic (exact) mass is 292 g/mol. The van der Waals surface area contributed by atoms with E-state index in [-0.39, 0.29) is 6.04 Å². The van der Waals surface area contributed by atoms with Crippen molar-refractivity contribution in [3.8, 4) is 0 Å². The largest absolute Gasteiger partial charge is 0.416 e. The number of nitrogens with two attached hydrogens (primary N) is 1. The van der Waals surface area contributed by atoms with Crippen molar-refractivity contribution in [3.63, 3.8) is 0 Å². The molecule has 0 saturated heterocycles. The molecule has 1 rings (SSSR count). The molecular weight excluding hydrogens is 273 g/mol. The van der Waals surface area contributed by atoms with Gasteiger partial charge in [0.25, 0.3) is 0 Å². The molecule has 0 bridgehead atoms. The topological polar surface area (TPSA) is 38.0 Å². The lowest BCUT2D eigenvalue weighted by molar-refractivity contribution is -0.137. The van der Waals surface area contributed by atoms with E-state index in [0.717, 1.165) is 11.8 Å². The molecule has 1 atom stereocenters. The summed E-state index contributed by atoms with van der Waals surface area (Å²) in [5.74, 6) is 6.21. The van der Waals surface area contributed by atoms with Gasteiger partial charge in [-0.05, 0) is 23.3 Å². The van der Waals surface area contributed by atoms with Crippen molar-refractivity contribution in [2.75, 3.05) is 5.75 Å². The van der Waals surface area contributed by atoms with E-state index in [4.69, 9.17) is 5.84 Å². The van der Waals surface area contributed by atoms with Crippen molar-refractivity contribution in [1.29, 1.82) is 0 Å². The Morgan fingerprint density at radius 3 is 2.53 bits per heavy atom. The fraction of sp³-hybridized carbons (Fsp3) is 0.538. The summed E-state index contributed by atoms with van der Waals surface area (Å²) in [5, 5.41) is 0.470. The lowest BCUT2D eigenvalue weighted by Crippen LogP contribution is -2.39. The Morgan fingerprint density at radius 2 is 2.00 bits per heavy atom. The molecule has 0 amide bonds. The van der Waals surface area contributed by atoms with Crippen LogP contribution in [0.1, 0.15) is 25.0 Å². The SMILES string of the molecule is CC(C)SCC(Cc1cccc(C(F)(F)F)c1)NN. The van der Waals surface area contributed by atoms with E-state index in [1.807, 2.05) is 0 Å². The smallest absolute Gasteiger partial charge is 0.271 e. The third-order valence-corrected chi connectivity index (χ3v) is 3.86. The van der Waals surface area contributed by atoms with Crippen molar-refractivity contribution in [2.45, 2.75) is 37.7 Å². The summed E-state index contributed by atoms with van der Waals surface area (Å²) in [6.07, 6.45) is -3.81. The molecule has 6 heteroatoms. The van der Waals surface area contributed by atoms with Crippen LogP contribution in [-0.2, 0) is 12.6 Å². The number of benzene rings is 1. The molecule has 0 aliphatic heterocycles. The molecule has 0 heterocycles. The van der Waals surface area contributed by atoms with Gasteiger partial charge in [0.2, 0.25) is 0 Å². The van der Waals surface area contributed by atoms with Gasteiger partial charge in [0.05, 0.1) is 5.56 Å². The van der Waals surface area contributed by atoms with Crippen molar-refractivity contribution in [3.05, 3.63) is 35.4 Å². The molecule has 108 valence electrons. The zero-order valence-electron chi connectivity index (χ0n) is 11.0. The number of nitrogens with one attached hydrogen (secondary N) is 1. The van der Waals surface area contributed by atoms with Gasteiger partial charge in [0, 0.05) is 11.8 Å². The van der Waals surface area contributed by atoms with Gasteiger partial charge in [0.1, 0.15) is 0 Å². The highest BCUT2D eigenvalue weighted by molar-refractivity contribution is 7.99. The first-order valence-electron chi connectivity index (χ1n) is 6.06. The van der Waals surface area contributed by atoms with Crippen molar-refractivity contribution >= 4 is 11.8 Å². The Morgan fingerprint density at radius 1 is 1.32 bits per heavy atom. The quantitative estimate of drug-likeness (QED) is 0.624. The van der Waals surface area contributed by atoms with Crippen molar-refractivity contribution in [2.24, 2.45) is 5.84 Å². The molecule has 2 nitrogen and oxygen atoms in total. The molecule has 1 aromatic carbocycles. The number of rotatable bonds is 6. The van der Waals surface area contributed by atoms with Crippen LogP contribution in [-0.4, -0.2) is 17.0 Å².